The number of hydrazine groups is 1. The van der Waals surface area contributed by atoms with E-state index in [1.165, 1.54) is 9.69 Å². The van der Waals surface area contributed by atoms with Gasteiger partial charge in [0, 0.05) is 12.6 Å². The second-order valence-corrected chi connectivity index (χ2v) is 7.60. The van der Waals surface area contributed by atoms with Crippen LogP contribution >= 0.6 is 0 Å². The van der Waals surface area contributed by atoms with Gasteiger partial charge >= 0.3 is 5.91 Å². The standard InChI is InChI=1S/C24H18N4O4/c1-13-17(23(31)27(25-13)15-9-5-3-6-10-15)19-21(29)20(22(19)30)18-14(2)26-28(24(18)32)16-11-7-4-8-12-16/h3-12,25,29H,1-2H3/p+1. The number of hydrogen-bond acceptors (Lipinski definition) is 4. The summed E-state index contributed by atoms with van der Waals surface area (Å²) in [7, 11) is 0. The first-order valence-electron chi connectivity index (χ1n) is 10.00. The Morgan fingerprint density at radius 1 is 0.812 bits per heavy atom. The minimum absolute atomic E-state index is 0.0836. The molecule has 5 rings (SSSR count). The fourth-order valence-corrected chi connectivity index (χ4v) is 4.07. The molecule has 0 atom stereocenters. The number of aryl methyl sites for hydroxylation is 1. The normalized spacial score (nSPS) is 18.3. The van der Waals surface area contributed by atoms with E-state index in [2.05, 4.69) is 10.2 Å². The number of hydrogen-bond donors (Lipinski definition) is 3. The van der Waals surface area contributed by atoms with Crippen molar-refractivity contribution in [2.45, 2.75) is 13.8 Å². The number of allylic oxidation sites excluding steroid dienone is 2. The molecule has 3 aromatic rings. The van der Waals surface area contributed by atoms with Crippen molar-refractivity contribution in [3.05, 3.63) is 99.2 Å². The molecule has 8 nitrogen and oxygen atoms in total. The van der Waals surface area contributed by atoms with Gasteiger partial charge in [-0.15, -0.1) is 5.10 Å². The maximum Gasteiger partial charge on any atom is 0.321 e. The Bertz CT molecular complexity index is 1440. The van der Waals surface area contributed by atoms with Gasteiger partial charge in [0.2, 0.25) is 11.5 Å². The van der Waals surface area contributed by atoms with E-state index in [0.29, 0.717) is 22.8 Å². The molecule has 1 amide bonds. The number of aliphatic hydroxyl groups is 1. The Balaban J connectivity index is 1.60. The van der Waals surface area contributed by atoms with E-state index in [9.17, 15) is 19.5 Å². The number of amides is 1. The number of ketones is 1. The third-order valence-electron chi connectivity index (χ3n) is 5.60. The topological polar surface area (TPSA) is 109 Å². The number of hydrazone groups is 1. The Hall–Kier alpha value is -4.46. The lowest BCUT2D eigenvalue weighted by Crippen LogP contribution is -2.81. The molecule has 2 aliphatic rings. The molecule has 0 spiro atoms. The quantitative estimate of drug-likeness (QED) is 0.545. The van der Waals surface area contributed by atoms with Crippen LogP contribution < -0.4 is 15.7 Å². The molecule has 1 aromatic heterocycles. The van der Waals surface area contributed by atoms with Crippen molar-refractivity contribution in [1.82, 2.24) is 9.78 Å². The summed E-state index contributed by atoms with van der Waals surface area (Å²) in [5, 5.41) is 18.0. The van der Waals surface area contributed by atoms with Gasteiger partial charge in [-0.05, 0) is 31.2 Å². The highest BCUT2D eigenvalue weighted by atomic mass is 16.3. The van der Waals surface area contributed by atoms with Crippen LogP contribution in [0.1, 0.15) is 18.2 Å². The number of aromatic nitrogens is 2. The van der Waals surface area contributed by atoms with Crippen molar-refractivity contribution >= 4 is 28.7 Å². The number of carbonyl (C=O) groups excluding carboxylic acids is 2. The van der Waals surface area contributed by atoms with Crippen LogP contribution in [0.25, 0.3) is 11.3 Å². The molecule has 32 heavy (non-hydrogen) atoms. The van der Waals surface area contributed by atoms with Crippen LogP contribution in [0.15, 0.2) is 82.4 Å². The Kier molecular flexibility index (Phi) is 4.30. The highest BCUT2D eigenvalue weighted by Crippen LogP contribution is 2.38. The smallest absolute Gasteiger partial charge is 0.321 e. The van der Waals surface area contributed by atoms with Gasteiger partial charge in [-0.25, -0.2) is 4.68 Å². The molecule has 0 fully saturated rings. The van der Waals surface area contributed by atoms with Gasteiger partial charge < -0.3 is 5.11 Å². The number of rotatable bonds is 3. The zero-order valence-electron chi connectivity index (χ0n) is 17.3. The molecule has 0 bridgehead atoms. The Morgan fingerprint density at radius 2 is 1.41 bits per heavy atom. The largest absolute Gasteiger partial charge is 0.506 e. The van der Waals surface area contributed by atoms with Crippen LogP contribution in [0.5, 0.6) is 0 Å². The molecule has 8 heteroatoms. The number of benzene rings is 2. The van der Waals surface area contributed by atoms with Crippen molar-refractivity contribution in [1.29, 1.82) is 0 Å². The number of anilines is 1. The third kappa shape index (κ3) is 2.70. The maximum absolute atomic E-state index is 13.1. The second-order valence-electron chi connectivity index (χ2n) is 7.60. The van der Waals surface area contributed by atoms with Crippen LogP contribution in [-0.4, -0.2) is 32.3 Å². The Labute approximate surface area is 182 Å². The number of carbonyl (C=O) groups is 2. The molecular formula is C24H19N4O4+. The van der Waals surface area contributed by atoms with Gasteiger partial charge in [-0.2, -0.15) is 0 Å². The van der Waals surface area contributed by atoms with Crippen molar-refractivity contribution in [2.75, 3.05) is 5.01 Å². The van der Waals surface area contributed by atoms with Crippen molar-refractivity contribution in [2.24, 2.45) is 0 Å². The summed E-state index contributed by atoms with van der Waals surface area (Å²) in [6, 6.07) is 17.9. The number of H-pyrrole nitrogens is 1. The molecule has 1 aliphatic heterocycles. The van der Waals surface area contributed by atoms with E-state index < -0.39 is 17.2 Å². The fraction of sp³-hybridized carbons (Fsp3) is 0.0833. The van der Waals surface area contributed by atoms with Crippen LogP contribution in [0.3, 0.4) is 0 Å². The van der Waals surface area contributed by atoms with Gasteiger partial charge in [-0.3, -0.25) is 19.5 Å². The minimum atomic E-state index is -0.540. The van der Waals surface area contributed by atoms with E-state index in [0.717, 1.165) is 0 Å². The van der Waals surface area contributed by atoms with Gasteiger partial charge in [0.15, 0.2) is 0 Å². The molecule has 0 unspecified atom stereocenters. The number of aromatic amines is 1. The van der Waals surface area contributed by atoms with E-state index in [-0.39, 0.29) is 28.0 Å². The van der Waals surface area contributed by atoms with E-state index in [1.807, 2.05) is 12.1 Å². The zero-order valence-corrected chi connectivity index (χ0v) is 17.3. The molecule has 1 aliphatic carbocycles. The van der Waals surface area contributed by atoms with Crippen LogP contribution in [-0.2, 0) is 9.59 Å². The highest BCUT2D eigenvalue weighted by molar-refractivity contribution is 6.44. The maximum atomic E-state index is 13.1. The molecule has 0 saturated heterocycles. The molecule has 2 aromatic carbocycles. The number of nitrogens with one attached hydrogen (secondary N) is 2. The SMILES string of the molecule is CC1=[NH+]N(c2ccccc2)C(=O)C1=C1C(=O)C(c2c(C)[nH]n(-c3ccccc3)c2=O)=C1O. The first-order chi connectivity index (χ1) is 15.4. The minimum Gasteiger partial charge on any atom is -0.506 e. The lowest BCUT2D eigenvalue weighted by molar-refractivity contribution is -0.455. The van der Waals surface area contributed by atoms with Gasteiger partial charge in [0.1, 0.15) is 17.0 Å². The predicted molar refractivity (Wildman–Crippen MR) is 118 cm³/mol. The average Bonchev–Trinajstić information content (AvgIpc) is 3.26. The van der Waals surface area contributed by atoms with Crippen LogP contribution in [0, 0.1) is 6.92 Å². The van der Waals surface area contributed by atoms with Gasteiger partial charge in [0.05, 0.1) is 22.4 Å². The number of aliphatic hydroxyl groups excluding tert-OH is 1. The third-order valence-corrected chi connectivity index (χ3v) is 5.60. The first kappa shape index (κ1) is 19.5. The van der Waals surface area contributed by atoms with Gasteiger partial charge in [-0.1, -0.05) is 41.4 Å². The number of nitrogens with zero attached hydrogens (tertiary/aromatic N) is 2. The lowest BCUT2D eigenvalue weighted by atomic mass is 9.80. The average molecular weight is 427 g/mol. The Morgan fingerprint density at radius 3 is 2.00 bits per heavy atom. The summed E-state index contributed by atoms with van der Waals surface area (Å²) in [6.45, 7) is 3.32. The molecule has 3 N–H and O–H groups in total. The lowest BCUT2D eigenvalue weighted by Gasteiger charge is -2.21. The van der Waals surface area contributed by atoms with Crippen LogP contribution in [0.4, 0.5) is 5.69 Å². The van der Waals surface area contributed by atoms with Crippen molar-refractivity contribution < 1.29 is 19.8 Å². The van der Waals surface area contributed by atoms with Crippen molar-refractivity contribution in [3.8, 4) is 5.69 Å². The van der Waals surface area contributed by atoms with E-state index >= 15 is 0 Å². The second kappa shape index (κ2) is 7.05. The molecule has 0 saturated carbocycles. The first-order valence-corrected chi connectivity index (χ1v) is 10.00. The summed E-state index contributed by atoms with van der Waals surface area (Å²) < 4.78 is 1.32. The molecule has 0 radical (unpaired) electrons. The summed E-state index contributed by atoms with van der Waals surface area (Å²) in [5.41, 5.74) is 1.67. The summed E-state index contributed by atoms with van der Waals surface area (Å²) in [4.78, 5) is 39.2. The number of para-hydroxylation sites is 2. The molecule has 2 heterocycles. The van der Waals surface area contributed by atoms with Gasteiger partial charge in [0.25, 0.3) is 5.56 Å². The molecule has 158 valence electrons. The highest BCUT2D eigenvalue weighted by Gasteiger charge is 2.47. The zero-order chi connectivity index (χ0) is 22.6. The summed E-state index contributed by atoms with van der Waals surface area (Å²) in [5.74, 6) is -1.34. The summed E-state index contributed by atoms with van der Waals surface area (Å²) in [6.07, 6.45) is 0. The summed E-state index contributed by atoms with van der Waals surface area (Å²) >= 11 is 0. The van der Waals surface area contributed by atoms with Crippen LogP contribution in [0.2, 0.25) is 0 Å². The van der Waals surface area contributed by atoms with Crippen molar-refractivity contribution in [3.63, 3.8) is 0 Å². The number of Topliss-reactive ketones (excluding diaryl/α,β-unsaturated/α-hetero) is 1. The monoisotopic (exact) mass is 427 g/mol. The van der Waals surface area contributed by atoms with E-state index in [4.69, 9.17) is 0 Å². The fourth-order valence-electron chi connectivity index (χ4n) is 4.07. The predicted octanol–water partition coefficient (Wildman–Crippen LogP) is 1.13. The molecular weight excluding hydrogens is 408 g/mol. The van der Waals surface area contributed by atoms with E-state index in [1.54, 1.807) is 62.4 Å².